The molecular formula is C11H19N5. The average Bonchev–Trinajstić information content (AvgIpc) is 2.72. The van der Waals surface area contributed by atoms with E-state index in [0.29, 0.717) is 18.1 Å². The van der Waals surface area contributed by atoms with Gasteiger partial charge in [0, 0.05) is 37.9 Å². The van der Waals surface area contributed by atoms with E-state index in [4.69, 9.17) is 5.73 Å². The number of hydrogen-bond acceptors (Lipinski definition) is 4. The van der Waals surface area contributed by atoms with Crippen LogP contribution in [0.25, 0.3) is 0 Å². The maximum atomic E-state index is 6.06. The fourth-order valence-electron chi connectivity index (χ4n) is 3.23. The lowest BCUT2D eigenvalue weighted by Crippen LogP contribution is -2.46. The van der Waals surface area contributed by atoms with Gasteiger partial charge in [0.05, 0.1) is 5.69 Å². The van der Waals surface area contributed by atoms with E-state index in [9.17, 15) is 0 Å². The molecule has 1 aromatic rings. The van der Waals surface area contributed by atoms with Crippen LogP contribution in [0.2, 0.25) is 0 Å². The summed E-state index contributed by atoms with van der Waals surface area (Å²) >= 11 is 0. The third-order valence-electron chi connectivity index (χ3n) is 3.92. The molecule has 3 heterocycles. The summed E-state index contributed by atoms with van der Waals surface area (Å²) in [4.78, 5) is 2.58. The highest BCUT2D eigenvalue weighted by Gasteiger charge is 2.39. The minimum atomic E-state index is 0.413. The van der Waals surface area contributed by atoms with Gasteiger partial charge in [-0.1, -0.05) is 5.21 Å². The van der Waals surface area contributed by atoms with E-state index < -0.39 is 0 Å². The van der Waals surface area contributed by atoms with Crippen molar-refractivity contribution in [1.29, 1.82) is 0 Å². The van der Waals surface area contributed by atoms with Crippen LogP contribution in [0.4, 0.5) is 0 Å². The quantitative estimate of drug-likeness (QED) is 0.778. The Morgan fingerprint density at radius 3 is 2.62 bits per heavy atom. The number of nitrogens with two attached hydrogens (primary N) is 1. The lowest BCUT2D eigenvalue weighted by Gasteiger charge is -2.37. The van der Waals surface area contributed by atoms with Crippen molar-refractivity contribution in [2.45, 2.75) is 50.4 Å². The molecule has 3 rings (SSSR count). The van der Waals surface area contributed by atoms with Crippen LogP contribution in [-0.4, -0.2) is 38.0 Å². The smallest absolute Gasteiger partial charge is 0.0967 e. The Hall–Kier alpha value is -0.940. The predicted molar refractivity (Wildman–Crippen MR) is 60.6 cm³/mol. The minimum absolute atomic E-state index is 0.413. The van der Waals surface area contributed by atoms with Gasteiger partial charge >= 0.3 is 0 Å². The van der Waals surface area contributed by atoms with Crippen LogP contribution in [0.3, 0.4) is 0 Å². The van der Waals surface area contributed by atoms with Crippen molar-refractivity contribution in [2.24, 2.45) is 12.8 Å². The molecule has 0 amide bonds. The highest BCUT2D eigenvalue weighted by molar-refractivity contribution is 5.01. The third-order valence-corrected chi connectivity index (χ3v) is 3.92. The van der Waals surface area contributed by atoms with Crippen molar-refractivity contribution in [3.63, 3.8) is 0 Å². The van der Waals surface area contributed by atoms with Gasteiger partial charge in [0.2, 0.25) is 0 Å². The number of rotatable bonds is 2. The molecule has 2 atom stereocenters. The van der Waals surface area contributed by atoms with E-state index in [1.807, 2.05) is 13.2 Å². The standard InChI is InChI=1S/C11H19N5/c1-15-6-9(13-14-15)7-16-10-2-3-11(16)5-8(12)4-10/h6,8,10-11H,2-5,7,12H2,1H3. The SMILES string of the molecule is Cn1cc(CN2C3CCC2CC(N)C3)nn1. The van der Waals surface area contributed by atoms with Gasteiger partial charge in [-0.05, 0) is 25.7 Å². The van der Waals surface area contributed by atoms with Gasteiger partial charge in [-0.2, -0.15) is 0 Å². The molecule has 88 valence electrons. The van der Waals surface area contributed by atoms with Crippen molar-refractivity contribution in [2.75, 3.05) is 0 Å². The molecule has 0 radical (unpaired) electrons. The molecule has 2 bridgehead atoms. The third kappa shape index (κ3) is 1.74. The van der Waals surface area contributed by atoms with Crippen molar-refractivity contribution in [1.82, 2.24) is 19.9 Å². The number of piperidine rings is 1. The van der Waals surface area contributed by atoms with Crippen LogP contribution < -0.4 is 5.73 Å². The summed E-state index contributed by atoms with van der Waals surface area (Å²) < 4.78 is 1.77. The van der Waals surface area contributed by atoms with Crippen molar-refractivity contribution in [3.8, 4) is 0 Å². The molecular weight excluding hydrogens is 202 g/mol. The van der Waals surface area contributed by atoms with Crippen LogP contribution in [0.1, 0.15) is 31.4 Å². The summed E-state index contributed by atoms with van der Waals surface area (Å²) in [6.07, 6.45) is 6.92. The predicted octanol–water partition coefficient (Wildman–Crippen LogP) is 0.269. The van der Waals surface area contributed by atoms with Gasteiger partial charge in [-0.3, -0.25) is 9.58 Å². The second kappa shape index (κ2) is 3.82. The molecule has 2 aliphatic rings. The van der Waals surface area contributed by atoms with Crippen molar-refractivity contribution in [3.05, 3.63) is 11.9 Å². The highest BCUT2D eigenvalue weighted by Crippen LogP contribution is 2.35. The Kier molecular flexibility index (Phi) is 2.44. The van der Waals surface area contributed by atoms with Gasteiger partial charge in [0.1, 0.15) is 0 Å². The highest BCUT2D eigenvalue weighted by atomic mass is 15.4. The lowest BCUT2D eigenvalue weighted by atomic mass is 9.98. The molecule has 0 aromatic carbocycles. The number of nitrogens with zero attached hydrogens (tertiary/aromatic N) is 4. The van der Waals surface area contributed by atoms with E-state index >= 15 is 0 Å². The maximum Gasteiger partial charge on any atom is 0.0967 e. The lowest BCUT2D eigenvalue weighted by molar-refractivity contribution is 0.118. The van der Waals surface area contributed by atoms with E-state index in [1.165, 1.54) is 12.8 Å². The summed E-state index contributed by atoms with van der Waals surface area (Å²) in [5.41, 5.74) is 7.14. The van der Waals surface area contributed by atoms with Crippen LogP contribution in [-0.2, 0) is 13.6 Å². The van der Waals surface area contributed by atoms with E-state index in [0.717, 1.165) is 25.1 Å². The maximum absolute atomic E-state index is 6.06. The van der Waals surface area contributed by atoms with Gasteiger partial charge < -0.3 is 5.73 Å². The number of aromatic nitrogens is 3. The van der Waals surface area contributed by atoms with E-state index in [1.54, 1.807) is 4.68 Å². The summed E-state index contributed by atoms with van der Waals surface area (Å²) in [5.74, 6) is 0. The zero-order chi connectivity index (χ0) is 11.1. The average molecular weight is 221 g/mol. The molecule has 16 heavy (non-hydrogen) atoms. The Morgan fingerprint density at radius 1 is 1.38 bits per heavy atom. The molecule has 2 aliphatic heterocycles. The fourth-order valence-corrected chi connectivity index (χ4v) is 3.23. The number of hydrogen-bond donors (Lipinski definition) is 1. The molecule has 2 saturated heterocycles. The van der Waals surface area contributed by atoms with Gasteiger partial charge in [0.25, 0.3) is 0 Å². The Morgan fingerprint density at radius 2 is 2.06 bits per heavy atom. The van der Waals surface area contributed by atoms with Gasteiger partial charge in [-0.15, -0.1) is 5.10 Å². The van der Waals surface area contributed by atoms with Crippen LogP contribution in [0, 0.1) is 0 Å². The largest absolute Gasteiger partial charge is 0.328 e. The normalized spacial score (nSPS) is 34.5. The first kappa shape index (κ1) is 10.2. The molecule has 1 aromatic heterocycles. The first-order valence-corrected chi connectivity index (χ1v) is 6.09. The minimum Gasteiger partial charge on any atom is -0.328 e. The summed E-state index contributed by atoms with van der Waals surface area (Å²) in [6.45, 7) is 0.940. The van der Waals surface area contributed by atoms with Crippen LogP contribution in [0.5, 0.6) is 0 Å². The molecule has 2 unspecified atom stereocenters. The number of aryl methyl sites for hydroxylation is 1. The second-order valence-electron chi connectivity index (χ2n) is 5.17. The number of fused-ring (bicyclic) bond motifs is 2. The first-order chi connectivity index (χ1) is 7.72. The van der Waals surface area contributed by atoms with Crippen LogP contribution >= 0.6 is 0 Å². The van der Waals surface area contributed by atoms with Crippen molar-refractivity contribution < 1.29 is 0 Å². The van der Waals surface area contributed by atoms with E-state index in [-0.39, 0.29) is 0 Å². The molecule has 5 heteroatoms. The molecule has 5 nitrogen and oxygen atoms in total. The van der Waals surface area contributed by atoms with E-state index in [2.05, 4.69) is 15.2 Å². The Labute approximate surface area is 95.6 Å². The van der Waals surface area contributed by atoms with Gasteiger partial charge in [0.15, 0.2) is 0 Å². The zero-order valence-electron chi connectivity index (χ0n) is 9.71. The molecule has 2 fully saturated rings. The molecule has 0 saturated carbocycles. The fraction of sp³-hybridized carbons (Fsp3) is 0.818. The van der Waals surface area contributed by atoms with Crippen molar-refractivity contribution >= 4 is 0 Å². The zero-order valence-corrected chi connectivity index (χ0v) is 9.71. The summed E-state index contributed by atoms with van der Waals surface area (Å²) in [6, 6.07) is 1.77. The summed E-state index contributed by atoms with van der Waals surface area (Å²) in [5, 5.41) is 8.15. The molecule has 0 aliphatic carbocycles. The van der Waals surface area contributed by atoms with Gasteiger partial charge in [-0.25, -0.2) is 0 Å². The first-order valence-electron chi connectivity index (χ1n) is 6.09. The topological polar surface area (TPSA) is 60.0 Å². The Bertz CT molecular complexity index is 360. The molecule has 2 N–H and O–H groups in total. The molecule has 0 spiro atoms. The monoisotopic (exact) mass is 221 g/mol. The summed E-state index contributed by atoms with van der Waals surface area (Å²) in [7, 11) is 1.91. The van der Waals surface area contributed by atoms with Crippen LogP contribution in [0.15, 0.2) is 6.20 Å². The second-order valence-corrected chi connectivity index (χ2v) is 5.17. The Balaban J connectivity index is 1.72.